The Balaban J connectivity index is 1.98. The summed E-state index contributed by atoms with van der Waals surface area (Å²) in [7, 11) is 1.52. The van der Waals surface area contributed by atoms with Crippen LogP contribution in [0.5, 0.6) is 11.5 Å². The number of para-hydroxylation sites is 2. The Morgan fingerprint density at radius 2 is 2.04 bits per heavy atom. The molecule has 0 unspecified atom stereocenters. The standard InChI is InChI=1S/C19H15NO5/c1-24-15-8-6-12(7-9-18(21)22)10-13(15)11-17-19(23)20-14-4-2-3-5-16(14)25-17/h2-11H,1H3,(H,20,23)(H,21,22)/b9-7+,17-11-. The van der Waals surface area contributed by atoms with Gasteiger partial charge in [-0.1, -0.05) is 18.2 Å². The quantitative estimate of drug-likeness (QED) is 0.837. The summed E-state index contributed by atoms with van der Waals surface area (Å²) in [5.74, 6) is -0.199. The molecule has 2 aromatic carbocycles. The van der Waals surface area contributed by atoms with Crippen molar-refractivity contribution in [1.82, 2.24) is 0 Å². The molecular weight excluding hydrogens is 322 g/mol. The number of fused-ring (bicyclic) bond motifs is 1. The van der Waals surface area contributed by atoms with Crippen LogP contribution in [-0.2, 0) is 9.59 Å². The van der Waals surface area contributed by atoms with Gasteiger partial charge in [-0.2, -0.15) is 0 Å². The number of aliphatic carboxylic acids is 1. The predicted octanol–water partition coefficient (Wildman–Crippen LogP) is 3.17. The first-order valence-electron chi connectivity index (χ1n) is 7.46. The number of anilines is 1. The molecule has 2 N–H and O–H groups in total. The maximum Gasteiger partial charge on any atom is 0.328 e. The molecule has 6 nitrogen and oxygen atoms in total. The van der Waals surface area contributed by atoms with Crippen molar-refractivity contribution in [3.63, 3.8) is 0 Å². The molecule has 25 heavy (non-hydrogen) atoms. The van der Waals surface area contributed by atoms with E-state index < -0.39 is 5.97 Å². The normalized spacial score (nSPS) is 14.8. The topological polar surface area (TPSA) is 84.9 Å². The summed E-state index contributed by atoms with van der Waals surface area (Å²) >= 11 is 0. The number of carboxylic acid groups (broad SMARTS) is 1. The fraction of sp³-hybridized carbons (Fsp3) is 0.0526. The predicted molar refractivity (Wildman–Crippen MR) is 93.3 cm³/mol. The lowest BCUT2D eigenvalue weighted by Gasteiger charge is -2.19. The first kappa shape index (κ1) is 16.3. The Labute approximate surface area is 144 Å². The van der Waals surface area contributed by atoms with E-state index in [1.807, 2.05) is 6.07 Å². The maximum absolute atomic E-state index is 12.2. The number of carboxylic acids is 1. The molecule has 0 aromatic heterocycles. The molecule has 1 heterocycles. The fourth-order valence-electron chi connectivity index (χ4n) is 2.38. The fourth-order valence-corrected chi connectivity index (χ4v) is 2.38. The van der Waals surface area contributed by atoms with Gasteiger partial charge in [0.05, 0.1) is 12.8 Å². The lowest BCUT2D eigenvalue weighted by Crippen LogP contribution is -2.23. The van der Waals surface area contributed by atoms with E-state index in [0.29, 0.717) is 28.3 Å². The van der Waals surface area contributed by atoms with Crippen LogP contribution in [0.4, 0.5) is 5.69 Å². The smallest absolute Gasteiger partial charge is 0.328 e. The zero-order chi connectivity index (χ0) is 17.8. The minimum Gasteiger partial charge on any atom is -0.496 e. The summed E-state index contributed by atoms with van der Waals surface area (Å²) in [6.45, 7) is 0. The lowest BCUT2D eigenvalue weighted by molar-refractivity contribution is -0.131. The molecule has 1 amide bonds. The minimum absolute atomic E-state index is 0.122. The Morgan fingerprint density at radius 3 is 2.80 bits per heavy atom. The van der Waals surface area contributed by atoms with Gasteiger partial charge in [-0.25, -0.2) is 4.79 Å². The second-order valence-corrected chi connectivity index (χ2v) is 5.23. The monoisotopic (exact) mass is 337 g/mol. The average Bonchev–Trinajstić information content (AvgIpc) is 2.60. The number of nitrogens with one attached hydrogen (secondary N) is 1. The van der Waals surface area contributed by atoms with Crippen molar-refractivity contribution in [3.05, 3.63) is 65.4 Å². The summed E-state index contributed by atoms with van der Waals surface area (Å²) in [6.07, 6.45) is 4.06. The molecular formula is C19H15NO5. The highest BCUT2D eigenvalue weighted by Crippen LogP contribution is 2.32. The van der Waals surface area contributed by atoms with E-state index in [2.05, 4.69) is 5.32 Å². The summed E-state index contributed by atoms with van der Waals surface area (Å²) in [4.78, 5) is 22.9. The second kappa shape index (κ2) is 6.92. The minimum atomic E-state index is -1.04. The van der Waals surface area contributed by atoms with E-state index in [9.17, 15) is 9.59 Å². The zero-order valence-corrected chi connectivity index (χ0v) is 13.4. The largest absolute Gasteiger partial charge is 0.496 e. The van der Waals surface area contributed by atoms with Crippen molar-refractivity contribution >= 4 is 29.7 Å². The van der Waals surface area contributed by atoms with Crippen LogP contribution >= 0.6 is 0 Å². The molecule has 6 heteroatoms. The number of benzene rings is 2. The van der Waals surface area contributed by atoms with Gasteiger partial charge < -0.3 is 19.9 Å². The SMILES string of the molecule is COc1ccc(/C=C/C(=O)O)cc1/C=C1\Oc2ccccc2NC1=O. The number of methoxy groups -OCH3 is 1. The maximum atomic E-state index is 12.2. The number of carbonyl (C=O) groups is 2. The van der Waals surface area contributed by atoms with Gasteiger partial charge in [0.15, 0.2) is 11.5 Å². The number of carbonyl (C=O) groups excluding carboxylic acids is 1. The zero-order valence-electron chi connectivity index (χ0n) is 13.4. The summed E-state index contributed by atoms with van der Waals surface area (Å²) in [6, 6.07) is 12.3. The molecule has 0 aliphatic carbocycles. The van der Waals surface area contributed by atoms with Crippen LogP contribution in [0.1, 0.15) is 11.1 Å². The number of amides is 1. The van der Waals surface area contributed by atoms with Gasteiger partial charge in [0.25, 0.3) is 5.91 Å². The van der Waals surface area contributed by atoms with Gasteiger partial charge in [-0.15, -0.1) is 0 Å². The molecule has 0 spiro atoms. The molecule has 3 rings (SSSR count). The molecule has 0 fully saturated rings. The molecule has 126 valence electrons. The third-order valence-corrected chi connectivity index (χ3v) is 3.54. The molecule has 0 bridgehead atoms. The van der Waals surface area contributed by atoms with Crippen LogP contribution in [-0.4, -0.2) is 24.1 Å². The summed E-state index contributed by atoms with van der Waals surface area (Å²) in [5, 5.41) is 11.5. The lowest BCUT2D eigenvalue weighted by atomic mass is 10.1. The van der Waals surface area contributed by atoms with Gasteiger partial charge >= 0.3 is 5.97 Å². The van der Waals surface area contributed by atoms with Gasteiger partial charge in [-0.05, 0) is 42.0 Å². The summed E-state index contributed by atoms with van der Waals surface area (Å²) in [5.41, 5.74) is 1.86. The third kappa shape index (κ3) is 3.69. The first-order valence-corrected chi connectivity index (χ1v) is 7.46. The molecule has 0 atom stereocenters. The van der Waals surface area contributed by atoms with Crippen LogP contribution in [0.2, 0.25) is 0 Å². The molecule has 0 saturated heterocycles. The molecule has 0 radical (unpaired) electrons. The van der Waals surface area contributed by atoms with Crippen LogP contribution < -0.4 is 14.8 Å². The van der Waals surface area contributed by atoms with E-state index in [-0.39, 0.29) is 11.7 Å². The van der Waals surface area contributed by atoms with E-state index in [1.54, 1.807) is 42.5 Å². The number of ether oxygens (including phenoxy) is 2. The second-order valence-electron chi connectivity index (χ2n) is 5.23. The first-order chi connectivity index (χ1) is 12.1. The van der Waals surface area contributed by atoms with Crippen LogP contribution in [0, 0.1) is 0 Å². The number of hydrogen-bond acceptors (Lipinski definition) is 4. The molecule has 2 aromatic rings. The molecule has 1 aliphatic rings. The Kier molecular flexibility index (Phi) is 4.52. The third-order valence-electron chi connectivity index (χ3n) is 3.54. The van der Waals surface area contributed by atoms with Crippen molar-refractivity contribution in [3.8, 4) is 11.5 Å². The van der Waals surface area contributed by atoms with E-state index in [0.717, 1.165) is 6.08 Å². The van der Waals surface area contributed by atoms with E-state index in [4.69, 9.17) is 14.6 Å². The number of hydrogen-bond donors (Lipinski definition) is 2. The van der Waals surface area contributed by atoms with Gasteiger partial charge in [0.2, 0.25) is 0 Å². The van der Waals surface area contributed by atoms with Crippen molar-refractivity contribution < 1.29 is 24.2 Å². The number of rotatable bonds is 4. The van der Waals surface area contributed by atoms with Crippen molar-refractivity contribution in [2.24, 2.45) is 0 Å². The van der Waals surface area contributed by atoms with Crippen molar-refractivity contribution in [2.45, 2.75) is 0 Å². The van der Waals surface area contributed by atoms with Gasteiger partial charge in [0.1, 0.15) is 5.75 Å². The average molecular weight is 337 g/mol. The van der Waals surface area contributed by atoms with Gasteiger partial charge in [-0.3, -0.25) is 4.79 Å². The Hall–Kier alpha value is -3.54. The molecule has 0 saturated carbocycles. The van der Waals surface area contributed by atoms with Crippen LogP contribution in [0.25, 0.3) is 12.2 Å². The van der Waals surface area contributed by atoms with E-state index in [1.165, 1.54) is 13.2 Å². The molecule has 1 aliphatic heterocycles. The highest BCUT2D eigenvalue weighted by molar-refractivity contribution is 6.08. The Morgan fingerprint density at radius 1 is 1.24 bits per heavy atom. The van der Waals surface area contributed by atoms with Gasteiger partial charge in [0, 0.05) is 11.6 Å². The summed E-state index contributed by atoms with van der Waals surface area (Å²) < 4.78 is 11.0. The highest BCUT2D eigenvalue weighted by atomic mass is 16.5. The van der Waals surface area contributed by atoms with Crippen molar-refractivity contribution in [2.75, 3.05) is 12.4 Å². The van der Waals surface area contributed by atoms with Crippen LogP contribution in [0.15, 0.2) is 54.3 Å². The Bertz CT molecular complexity index is 898. The van der Waals surface area contributed by atoms with Crippen LogP contribution in [0.3, 0.4) is 0 Å². The van der Waals surface area contributed by atoms with Crippen molar-refractivity contribution in [1.29, 1.82) is 0 Å². The van der Waals surface area contributed by atoms with E-state index >= 15 is 0 Å². The highest BCUT2D eigenvalue weighted by Gasteiger charge is 2.22.